The van der Waals surface area contributed by atoms with Gasteiger partial charge in [0.15, 0.2) is 11.7 Å². The minimum atomic E-state index is -4.41. The molecular weight excluding hydrogens is 415 g/mol. The number of hydrogen-bond donors (Lipinski definition) is 2. The van der Waals surface area contributed by atoms with Gasteiger partial charge in [0.05, 0.1) is 5.01 Å². The molecule has 0 saturated carbocycles. The van der Waals surface area contributed by atoms with Crippen molar-refractivity contribution in [2.24, 2.45) is 4.99 Å². The average molecular weight is 442 g/mol. The lowest BCUT2D eigenvalue weighted by molar-refractivity contribution is -0.140. The van der Waals surface area contributed by atoms with Crippen LogP contribution < -0.4 is 10.6 Å². The molecular formula is C20H26F3N5OS. The van der Waals surface area contributed by atoms with E-state index in [9.17, 15) is 18.0 Å². The normalized spacial score (nSPS) is 12.0. The van der Waals surface area contributed by atoms with Gasteiger partial charge in [-0.3, -0.25) is 9.79 Å². The maximum Gasteiger partial charge on any atom is 0.434 e. The first-order chi connectivity index (χ1) is 14.2. The fraction of sp³-hybridized carbons (Fsp3) is 0.450. The first-order valence-electron chi connectivity index (χ1n) is 9.55. The number of thiazole rings is 1. The van der Waals surface area contributed by atoms with Crippen molar-refractivity contribution < 1.29 is 18.0 Å². The Morgan fingerprint density at radius 2 is 2.00 bits per heavy atom. The fourth-order valence-corrected chi connectivity index (χ4v) is 3.40. The zero-order chi connectivity index (χ0) is 22.1. The third-order valence-corrected chi connectivity index (χ3v) is 4.98. The minimum Gasteiger partial charge on any atom is -0.357 e. The summed E-state index contributed by atoms with van der Waals surface area (Å²) in [6.45, 7) is 3.52. The van der Waals surface area contributed by atoms with Gasteiger partial charge in [-0.15, -0.1) is 11.3 Å². The molecule has 0 bridgehead atoms. The number of aliphatic imine (C=N–C) groups is 1. The van der Waals surface area contributed by atoms with Crippen molar-refractivity contribution >= 4 is 23.2 Å². The number of amides is 1. The Morgan fingerprint density at radius 1 is 1.23 bits per heavy atom. The van der Waals surface area contributed by atoms with Crippen molar-refractivity contribution in [3.05, 3.63) is 51.5 Å². The summed E-state index contributed by atoms with van der Waals surface area (Å²) in [5.74, 6) is 0.543. The molecule has 1 aromatic heterocycles. The highest BCUT2D eigenvalue weighted by Gasteiger charge is 2.33. The van der Waals surface area contributed by atoms with Crippen LogP contribution in [0.15, 0.2) is 34.6 Å². The Bertz CT molecular complexity index is 864. The zero-order valence-corrected chi connectivity index (χ0v) is 18.0. The highest BCUT2D eigenvalue weighted by molar-refractivity contribution is 7.09. The van der Waals surface area contributed by atoms with Crippen molar-refractivity contribution in [1.29, 1.82) is 0 Å². The molecule has 0 fully saturated rings. The predicted octanol–water partition coefficient (Wildman–Crippen LogP) is 3.20. The number of nitrogens with one attached hydrogen (secondary N) is 2. The van der Waals surface area contributed by atoms with Crippen LogP contribution in [-0.4, -0.2) is 55.5 Å². The topological polar surface area (TPSA) is 69.6 Å². The van der Waals surface area contributed by atoms with E-state index in [4.69, 9.17) is 0 Å². The molecule has 1 heterocycles. The van der Waals surface area contributed by atoms with E-state index >= 15 is 0 Å². The van der Waals surface area contributed by atoms with E-state index in [1.54, 1.807) is 20.2 Å². The Hall–Kier alpha value is -2.62. The van der Waals surface area contributed by atoms with Crippen molar-refractivity contribution in [2.75, 3.05) is 33.7 Å². The number of halogens is 3. The van der Waals surface area contributed by atoms with Crippen LogP contribution in [0.4, 0.5) is 13.2 Å². The third kappa shape index (κ3) is 7.33. The van der Waals surface area contributed by atoms with Crippen LogP contribution in [0.1, 0.15) is 33.5 Å². The van der Waals surface area contributed by atoms with Crippen molar-refractivity contribution in [1.82, 2.24) is 20.5 Å². The van der Waals surface area contributed by atoms with Gasteiger partial charge in [0.2, 0.25) is 0 Å². The van der Waals surface area contributed by atoms with Gasteiger partial charge in [0.1, 0.15) is 0 Å². The molecule has 0 atom stereocenters. The molecule has 0 spiro atoms. The Morgan fingerprint density at radius 3 is 2.63 bits per heavy atom. The maximum atomic E-state index is 12.6. The number of hydrogen-bond acceptors (Lipinski definition) is 4. The molecule has 0 aliphatic rings. The Labute approximate surface area is 178 Å². The van der Waals surface area contributed by atoms with E-state index < -0.39 is 11.9 Å². The second kappa shape index (κ2) is 11.0. The summed E-state index contributed by atoms with van der Waals surface area (Å²) < 4.78 is 37.8. The molecule has 1 amide bonds. The Kier molecular flexibility index (Phi) is 8.64. The van der Waals surface area contributed by atoms with Gasteiger partial charge in [0, 0.05) is 51.1 Å². The number of guanidine groups is 1. The van der Waals surface area contributed by atoms with Crippen LogP contribution in [-0.2, 0) is 19.0 Å². The number of aromatic nitrogens is 1. The van der Waals surface area contributed by atoms with Crippen LogP contribution in [0.25, 0.3) is 0 Å². The molecule has 2 rings (SSSR count). The van der Waals surface area contributed by atoms with Crippen LogP contribution in [0, 0.1) is 0 Å². The molecule has 0 saturated heterocycles. The first-order valence-corrected chi connectivity index (χ1v) is 10.4. The van der Waals surface area contributed by atoms with E-state index in [1.165, 1.54) is 4.90 Å². The molecule has 0 aliphatic carbocycles. The van der Waals surface area contributed by atoms with Crippen LogP contribution >= 0.6 is 11.3 Å². The van der Waals surface area contributed by atoms with Crippen molar-refractivity contribution in [2.45, 2.75) is 25.9 Å². The van der Waals surface area contributed by atoms with Gasteiger partial charge in [-0.2, -0.15) is 13.2 Å². The number of carbonyl (C=O) groups is 1. The van der Waals surface area contributed by atoms with E-state index in [-0.39, 0.29) is 5.91 Å². The molecule has 164 valence electrons. The summed E-state index contributed by atoms with van der Waals surface area (Å²) >= 11 is 0.990. The van der Waals surface area contributed by atoms with Gasteiger partial charge in [-0.25, -0.2) is 4.98 Å². The molecule has 0 aliphatic heterocycles. The quantitative estimate of drug-likeness (QED) is 0.488. The highest BCUT2D eigenvalue weighted by Crippen LogP contribution is 2.30. The largest absolute Gasteiger partial charge is 0.434 e. The summed E-state index contributed by atoms with van der Waals surface area (Å²) in [6.07, 6.45) is -3.38. The first kappa shape index (κ1) is 23.7. The molecule has 6 nitrogen and oxygen atoms in total. The van der Waals surface area contributed by atoms with Gasteiger partial charge in [0.25, 0.3) is 5.91 Å². The van der Waals surface area contributed by atoms with Gasteiger partial charge < -0.3 is 15.5 Å². The van der Waals surface area contributed by atoms with E-state index in [1.807, 2.05) is 25.1 Å². The Balaban J connectivity index is 1.87. The number of nitrogens with zero attached hydrogens (tertiary/aromatic N) is 3. The monoisotopic (exact) mass is 441 g/mol. The van der Waals surface area contributed by atoms with E-state index in [0.29, 0.717) is 49.0 Å². The number of carbonyl (C=O) groups excluding carboxylic acids is 1. The summed E-state index contributed by atoms with van der Waals surface area (Å²) in [5, 5.41) is 7.75. The van der Waals surface area contributed by atoms with Gasteiger partial charge >= 0.3 is 6.18 Å². The van der Waals surface area contributed by atoms with Crippen LogP contribution in [0.2, 0.25) is 0 Å². The SMILES string of the molecule is CCNC(=NCCc1nc(C(F)(F)F)cs1)NCCc1cccc(C(=O)N(C)C)c1. The van der Waals surface area contributed by atoms with Gasteiger partial charge in [-0.1, -0.05) is 12.1 Å². The molecule has 0 unspecified atom stereocenters. The smallest absolute Gasteiger partial charge is 0.357 e. The fourth-order valence-electron chi connectivity index (χ4n) is 2.60. The lowest BCUT2D eigenvalue weighted by atomic mass is 10.1. The predicted molar refractivity (Wildman–Crippen MR) is 113 cm³/mol. The number of alkyl halides is 3. The lowest BCUT2D eigenvalue weighted by Crippen LogP contribution is -2.38. The molecule has 30 heavy (non-hydrogen) atoms. The van der Waals surface area contributed by atoms with E-state index in [2.05, 4.69) is 20.6 Å². The minimum absolute atomic E-state index is 0.0458. The molecule has 1 aromatic carbocycles. The van der Waals surface area contributed by atoms with Crippen LogP contribution in [0.3, 0.4) is 0 Å². The van der Waals surface area contributed by atoms with Crippen LogP contribution in [0.5, 0.6) is 0 Å². The van der Waals surface area contributed by atoms with Crippen molar-refractivity contribution in [3.63, 3.8) is 0 Å². The second-order valence-corrected chi connectivity index (χ2v) is 7.65. The third-order valence-electron chi connectivity index (χ3n) is 4.07. The summed E-state index contributed by atoms with van der Waals surface area (Å²) in [6, 6.07) is 7.47. The molecule has 0 radical (unpaired) electrons. The second-order valence-electron chi connectivity index (χ2n) is 6.71. The standard InChI is InChI=1S/C20H26F3N5OS/c1-4-24-19(26-11-9-17-27-16(13-30-17)20(21,22)23)25-10-8-14-6-5-7-15(12-14)18(29)28(2)3/h5-7,12-13H,4,8-11H2,1-3H3,(H2,24,25,26). The number of benzene rings is 1. The zero-order valence-electron chi connectivity index (χ0n) is 17.2. The summed E-state index contributed by atoms with van der Waals surface area (Å²) in [7, 11) is 3.43. The van der Waals surface area contributed by atoms with Crippen molar-refractivity contribution in [3.8, 4) is 0 Å². The van der Waals surface area contributed by atoms with Gasteiger partial charge in [-0.05, 0) is 31.0 Å². The maximum absolute atomic E-state index is 12.6. The molecule has 2 N–H and O–H groups in total. The summed E-state index contributed by atoms with van der Waals surface area (Å²) in [5.41, 5.74) is 0.805. The summed E-state index contributed by atoms with van der Waals surface area (Å²) in [4.78, 5) is 21.6. The van der Waals surface area contributed by atoms with E-state index in [0.717, 1.165) is 22.3 Å². The average Bonchev–Trinajstić information content (AvgIpc) is 3.17. The molecule has 2 aromatic rings. The molecule has 10 heteroatoms. The number of rotatable bonds is 8. The highest BCUT2D eigenvalue weighted by atomic mass is 32.1. The lowest BCUT2D eigenvalue weighted by Gasteiger charge is -2.13.